The summed E-state index contributed by atoms with van der Waals surface area (Å²) in [4.78, 5) is 0. The van der Waals surface area contributed by atoms with E-state index in [0.717, 1.165) is 5.69 Å². The average molecular weight is 154 g/mol. The molecular weight excluding hydrogens is 144 g/mol. The molecule has 0 atom stereocenters. The van der Waals surface area contributed by atoms with Crippen LogP contribution in [0.15, 0.2) is 11.4 Å². The van der Waals surface area contributed by atoms with Crippen LogP contribution >= 0.6 is 0 Å². The molecule has 2 N–H and O–H groups in total. The second-order valence-electron chi connectivity index (χ2n) is 2.10. The van der Waals surface area contributed by atoms with Crippen LogP contribution in [0.5, 0.6) is 0 Å². The van der Waals surface area contributed by atoms with E-state index in [-0.39, 0.29) is 0 Å². The topological polar surface area (TPSA) is 62.4 Å². The van der Waals surface area contributed by atoms with Crippen molar-refractivity contribution >= 4 is 11.9 Å². The molecule has 1 aromatic rings. The normalized spacial score (nSPS) is 10.7. The summed E-state index contributed by atoms with van der Waals surface area (Å²) in [5, 5.41) is 18.1. The van der Waals surface area contributed by atoms with Crippen LogP contribution in [0.4, 0.5) is 5.69 Å². The minimum atomic E-state index is 0.623. The lowest BCUT2D eigenvalue weighted by Crippen LogP contribution is -1.92. The SMILES string of the molecule is CNc1cn(C)nc1/C=N/O. The van der Waals surface area contributed by atoms with Crippen LogP contribution in [-0.2, 0) is 7.05 Å². The standard InChI is InChI=1S/C6H10N4O/c1-7-6-4-10(2)9-5(6)3-8-11/h3-4,7,11H,1-2H3/b8-3+. The summed E-state index contributed by atoms with van der Waals surface area (Å²) < 4.78 is 1.64. The van der Waals surface area contributed by atoms with Crippen molar-refractivity contribution in [1.82, 2.24) is 9.78 Å². The van der Waals surface area contributed by atoms with Gasteiger partial charge in [0, 0.05) is 20.3 Å². The molecule has 0 saturated heterocycles. The minimum Gasteiger partial charge on any atom is -0.411 e. The van der Waals surface area contributed by atoms with Crippen LogP contribution in [0.25, 0.3) is 0 Å². The Morgan fingerprint density at radius 2 is 2.55 bits per heavy atom. The number of oxime groups is 1. The first-order valence-electron chi connectivity index (χ1n) is 3.16. The monoisotopic (exact) mass is 154 g/mol. The number of hydrogen-bond acceptors (Lipinski definition) is 4. The van der Waals surface area contributed by atoms with E-state index in [9.17, 15) is 0 Å². The number of aryl methyl sites for hydroxylation is 1. The molecule has 0 radical (unpaired) electrons. The van der Waals surface area contributed by atoms with Crippen molar-refractivity contribution in [2.45, 2.75) is 0 Å². The van der Waals surface area contributed by atoms with Crippen LogP contribution < -0.4 is 5.32 Å². The van der Waals surface area contributed by atoms with Gasteiger partial charge in [-0.05, 0) is 0 Å². The lowest BCUT2D eigenvalue weighted by Gasteiger charge is -1.91. The molecule has 0 aliphatic carbocycles. The lowest BCUT2D eigenvalue weighted by molar-refractivity contribution is 0.321. The molecular formula is C6H10N4O. The van der Waals surface area contributed by atoms with E-state index in [1.54, 1.807) is 25.0 Å². The zero-order valence-electron chi connectivity index (χ0n) is 6.44. The highest BCUT2D eigenvalue weighted by Crippen LogP contribution is 2.08. The average Bonchev–Trinajstić information content (AvgIpc) is 2.32. The van der Waals surface area contributed by atoms with Crippen LogP contribution in [0.1, 0.15) is 5.69 Å². The van der Waals surface area contributed by atoms with Crippen molar-refractivity contribution in [2.75, 3.05) is 12.4 Å². The third-order valence-corrected chi connectivity index (χ3v) is 1.31. The fourth-order valence-electron chi connectivity index (χ4n) is 0.848. The molecule has 0 fully saturated rings. The molecule has 60 valence electrons. The Bertz CT molecular complexity index is 266. The maximum Gasteiger partial charge on any atom is 0.130 e. The summed E-state index contributed by atoms with van der Waals surface area (Å²) in [6, 6.07) is 0. The fraction of sp³-hybridized carbons (Fsp3) is 0.333. The number of hydrogen-bond donors (Lipinski definition) is 2. The van der Waals surface area contributed by atoms with E-state index in [2.05, 4.69) is 15.6 Å². The maximum absolute atomic E-state index is 8.24. The highest BCUT2D eigenvalue weighted by atomic mass is 16.4. The molecule has 0 bridgehead atoms. The highest BCUT2D eigenvalue weighted by molar-refractivity contribution is 5.84. The van der Waals surface area contributed by atoms with Gasteiger partial charge < -0.3 is 10.5 Å². The van der Waals surface area contributed by atoms with E-state index in [1.165, 1.54) is 6.21 Å². The van der Waals surface area contributed by atoms with Gasteiger partial charge in [-0.1, -0.05) is 5.16 Å². The van der Waals surface area contributed by atoms with Gasteiger partial charge in [-0.15, -0.1) is 0 Å². The third-order valence-electron chi connectivity index (χ3n) is 1.31. The van der Waals surface area contributed by atoms with Gasteiger partial charge in [0.25, 0.3) is 0 Å². The molecule has 0 amide bonds. The van der Waals surface area contributed by atoms with E-state index >= 15 is 0 Å². The summed E-state index contributed by atoms with van der Waals surface area (Å²) >= 11 is 0. The minimum absolute atomic E-state index is 0.623. The molecule has 1 aromatic heterocycles. The Labute approximate surface area is 64.3 Å². The van der Waals surface area contributed by atoms with Gasteiger partial charge >= 0.3 is 0 Å². The second kappa shape index (κ2) is 3.05. The first-order valence-corrected chi connectivity index (χ1v) is 3.16. The Morgan fingerprint density at radius 1 is 1.82 bits per heavy atom. The second-order valence-corrected chi connectivity index (χ2v) is 2.10. The molecule has 5 nitrogen and oxygen atoms in total. The molecule has 5 heteroatoms. The summed E-state index contributed by atoms with van der Waals surface area (Å²) in [6.07, 6.45) is 3.09. The molecule has 0 aliphatic rings. The van der Waals surface area contributed by atoms with Gasteiger partial charge in [-0.25, -0.2) is 0 Å². The van der Waals surface area contributed by atoms with Gasteiger partial charge in [0.2, 0.25) is 0 Å². The molecule has 0 unspecified atom stereocenters. The summed E-state index contributed by atoms with van der Waals surface area (Å²) in [5.41, 5.74) is 1.46. The Hall–Kier alpha value is -1.52. The number of rotatable bonds is 2. The van der Waals surface area contributed by atoms with E-state index in [1.807, 2.05) is 0 Å². The van der Waals surface area contributed by atoms with E-state index < -0.39 is 0 Å². The van der Waals surface area contributed by atoms with Crippen molar-refractivity contribution < 1.29 is 5.21 Å². The summed E-state index contributed by atoms with van der Waals surface area (Å²) in [6.45, 7) is 0. The summed E-state index contributed by atoms with van der Waals surface area (Å²) in [5.74, 6) is 0. The lowest BCUT2D eigenvalue weighted by atomic mass is 10.4. The predicted molar refractivity (Wildman–Crippen MR) is 42.1 cm³/mol. The Kier molecular flexibility index (Phi) is 2.10. The van der Waals surface area contributed by atoms with E-state index in [0.29, 0.717) is 5.69 Å². The molecule has 1 rings (SSSR count). The quantitative estimate of drug-likeness (QED) is 0.365. The molecule has 0 aliphatic heterocycles. The Morgan fingerprint density at radius 3 is 3.09 bits per heavy atom. The number of anilines is 1. The molecule has 11 heavy (non-hydrogen) atoms. The number of aromatic nitrogens is 2. The van der Waals surface area contributed by atoms with Crippen molar-refractivity contribution in [3.63, 3.8) is 0 Å². The molecule has 1 heterocycles. The van der Waals surface area contributed by atoms with E-state index in [4.69, 9.17) is 5.21 Å². The fourth-order valence-corrected chi connectivity index (χ4v) is 0.848. The van der Waals surface area contributed by atoms with Gasteiger partial charge in [-0.3, -0.25) is 4.68 Å². The molecule has 0 spiro atoms. The zero-order valence-corrected chi connectivity index (χ0v) is 6.44. The number of nitrogens with one attached hydrogen (secondary N) is 1. The largest absolute Gasteiger partial charge is 0.411 e. The van der Waals surface area contributed by atoms with Crippen molar-refractivity contribution in [3.05, 3.63) is 11.9 Å². The molecule has 0 aromatic carbocycles. The smallest absolute Gasteiger partial charge is 0.130 e. The van der Waals surface area contributed by atoms with Crippen molar-refractivity contribution in [2.24, 2.45) is 12.2 Å². The molecule has 0 saturated carbocycles. The van der Waals surface area contributed by atoms with Crippen LogP contribution in [0.2, 0.25) is 0 Å². The van der Waals surface area contributed by atoms with Gasteiger partial charge in [0.1, 0.15) is 5.69 Å². The first-order chi connectivity index (χ1) is 5.27. The highest BCUT2D eigenvalue weighted by Gasteiger charge is 2.01. The van der Waals surface area contributed by atoms with Crippen LogP contribution in [0.3, 0.4) is 0 Å². The van der Waals surface area contributed by atoms with Crippen molar-refractivity contribution in [1.29, 1.82) is 0 Å². The summed E-state index contributed by atoms with van der Waals surface area (Å²) in [7, 11) is 3.58. The first kappa shape index (κ1) is 7.59. The zero-order chi connectivity index (χ0) is 8.27. The maximum atomic E-state index is 8.24. The third kappa shape index (κ3) is 1.49. The van der Waals surface area contributed by atoms with Crippen molar-refractivity contribution in [3.8, 4) is 0 Å². The van der Waals surface area contributed by atoms with Gasteiger partial charge in [-0.2, -0.15) is 5.10 Å². The van der Waals surface area contributed by atoms with Crippen LogP contribution in [-0.4, -0.2) is 28.3 Å². The van der Waals surface area contributed by atoms with Gasteiger partial charge in [0.15, 0.2) is 0 Å². The number of nitrogens with zero attached hydrogens (tertiary/aromatic N) is 3. The Balaban J connectivity index is 3.01. The predicted octanol–water partition coefficient (Wildman–Crippen LogP) is 0.270. The van der Waals surface area contributed by atoms with Crippen LogP contribution in [0, 0.1) is 0 Å². The van der Waals surface area contributed by atoms with Gasteiger partial charge in [0.05, 0.1) is 11.9 Å².